The Morgan fingerprint density at radius 2 is 2.30 bits per heavy atom. The summed E-state index contributed by atoms with van der Waals surface area (Å²) in [5, 5.41) is 0. The molecule has 0 spiro atoms. The molecule has 0 bridgehead atoms. The van der Waals surface area contributed by atoms with Crippen LogP contribution in [0.4, 0.5) is 5.82 Å². The van der Waals surface area contributed by atoms with Crippen molar-refractivity contribution in [3.05, 3.63) is 23.9 Å². The molecular weight excluding hydrogens is 254 g/mol. The lowest BCUT2D eigenvalue weighted by atomic mass is 10.1. The number of anilines is 1. The van der Waals surface area contributed by atoms with Crippen molar-refractivity contribution < 1.29 is 9.53 Å². The van der Waals surface area contributed by atoms with Crippen molar-refractivity contribution in [1.29, 1.82) is 0 Å². The molecule has 110 valence electrons. The zero-order valence-corrected chi connectivity index (χ0v) is 12.5. The molecule has 0 radical (unpaired) electrons. The molecule has 0 aliphatic carbocycles. The smallest absolute Gasteiger partial charge is 0.257 e. The standard InChI is InChI=1S/C15H23N3O2/c1-4-18(10-12-7-9-20-11-12)15(19)13-6-5-8-16-14(13)17(2)3/h5-6,8,12H,4,7,9-11H2,1-3H3. The maximum atomic E-state index is 12.7. The first-order valence-corrected chi connectivity index (χ1v) is 7.12. The summed E-state index contributed by atoms with van der Waals surface area (Å²) < 4.78 is 5.39. The zero-order valence-electron chi connectivity index (χ0n) is 12.5. The molecule has 0 N–H and O–H groups in total. The average Bonchev–Trinajstić information content (AvgIpc) is 2.97. The Kier molecular flexibility index (Phi) is 4.95. The van der Waals surface area contributed by atoms with E-state index in [1.807, 2.05) is 43.0 Å². The van der Waals surface area contributed by atoms with Crippen molar-refractivity contribution in [3.8, 4) is 0 Å². The van der Waals surface area contributed by atoms with E-state index in [0.29, 0.717) is 18.0 Å². The normalized spacial score (nSPS) is 18.1. The van der Waals surface area contributed by atoms with E-state index in [1.54, 1.807) is 6.20 Å². The van der Waals surface area contributed by atoms with Gasteiger partial charge in [-0.05, 0) is 25.5 Å². The van der Waals surface area contributed by atoms with E-state index in [4.69, 9.17) is 4.74 Å². The van der Waals surface area contributed by atoms with Gasteiger partial charge in [0, 0.05) is 45.9 Å². The van der Waals surface area contributed by atoms with Crippen molar-refractivity contribution in [2.24, 2.45) is 5.92 Å². The van der Waals surface area contributed by atoms with E-state index in [9.17, 15) is 4.79 Å². The van der Waals surface area contributed by atoms with Crippen LogP contribution in [0, 0.1) is 5.92 Å². The summed E-state index contributed by atoms with van der Waals surface area (Å²) in [4.78, 5) is 20.8. The number of hydrogen-bond acceptors (Lipinski definition) is 4. The molecule has 1 saturated heterocycles. The van der Waals surface area contributed by atoms with Gasteiger partial charge in [-0.3, -0.25) is 4.79 Å². The minimum absolute atomic E-state index is 0.0520. The van der Waals surface area contributed by atoms with Crippen molar-refractivity contribution in [2.75, 3.05) is 45.3 Å². The molecule has 20 heavy (non-hydrogen) atoms. The fourth-order valence-corrected chi connectivity index (χ4v) is 2.49. The second kappa shape index (κ2) is 6.70. The summed E-state index contributed by atoms with van der Waals surface area (Å²) in [6.45, 7) is 5.05. The molecule has 0 saturated carbocycles. The number of ether oxygens (including phenoxy) is 1. The quantitative estimate of drug-likeness (QED) is 0.821. The zero-order chi connectivity index (χ0) is 14.5. The number of pyridine rings is 1. The fraction of sp³-hybridized carbons (Fsp3) is 0.600. The number of rotatable bonds is 5. The summed E-state index contributed by atoms with van der Waals surface area (Å²) in [6, 6.07) is 3.66. The van der Waals surface area contributed by atoms with Crippen LogP contribution in [-0.2, 0) is 4.74 Å². The molecule has 1 atom stereocenters. The first-order valence-electron chi connectivity index (χ1n) is 7.12. The van der Waals surface area contributed by atoms with Gasteiger partial charge in [-0.15, -0.1) is 0 Å². The Bertz CT molecular complexity index is 456. The third-order valence-electron chi connectivity index (χ3n) is 3.61. The van der Waals surface area contributed by atoms with Gasteiger partial charge in [-0.2, -0.15) is 0 Å². The highest BCUT2D eigenvalue weighted by Gasteiger charge is 2.24. The number of aromatic nitrogens is 1. The minimum Gasteiger partial charge on any atom is -0.381 e. The van der Waals surface area contributed by atoms with Gasteiger partial charge >= 0.3 is 0 Å². The Morgan fingerprint density at radius 1 is 1.50 bits per heavy atom. The van der Waals surface area contributed by atoms with Crippen molar-refractivity contribution in [3.63, 3.8) is 0 Å². The highest BCUT2D eigenvalue weighted by molar-refractivity contribution is 5.98. The van der Waals surface area contributed by atoms with E-state index in [1.165, 1.54) is 0 Å². The van der Waals surface area contributed by atoms with Crippen molar-refractivity contribution in [2.45, 2.75) is 13.3 Å². The summed E-state index contributed by atoms with van der Waals surface area (Å²) in [7, 11) is 3.81. The molecule has 1 unspecified atom stereocenters. The maximum Gasteiger partial charge on any atom is 0.257 e. The summed E-state index contributed by atoms with van der Waals surface area (Å²) in [6.07, 6.45) is 2.75. The third kappa shape index (κ3) is 3.28. The topological polar surface area (TPSA) is 45.7 Å². The Balaban J connectivity index is 2.15. The summed E-state index contributed by atoms with van der Waals surface area (Å²) in [5.74, 6) is 1.23. The van der Waals surface area contributed by atoms with Crippen LogP contribution in [-0.4, -0.2) is 56.2 Å². The molecule has 0 aromatic carbocycles. The largest absolute Gasteiger partial charge is 0.381 e. The number of nitrogens with zero attached hydrogens (tertiary/aromatic N) is 3. The van der Waals surface area contributed by atoms with Crippen molar-refractivity contribution >= 4 is 11.7 Å². The second-order valence-corrected chi connectivity index (χ2v) is 5.34. The molecule has 2 rings (SSSR count). The van der Waals surface area contributed by atoms with Crippen LogP contribution in [0.5, 0.6) is 0 Å². The molecule has 1 aliphatic heterocycles. The van der Waals surface area contributed by atoms with Gasteiger partial charge in [0.2, 0.25) is 0 Å². The number of carbonyl (C=O) groups is 1. The molecule has 5 heteroatoms. The Hall–Kier alpha value is -1.62. The van der Waals surface area contributed by atoms with E-state index in [-0.39, 0.29) is 5.91 Å². The first-order chi connectivity index (χ1) is 9.63. The lowest BCUT2D eigenvalue weighted by molar-refractivity contribution is 0.0731. The van der Waals surface area contributed by atoms with Crippen LogP contribution in [0.3, 0.4) is 0 Å². The van der Waals surface area contributed by atoms with E-state index >= 15 is 0 Å². The van der Waals surface area contributed by atoms with Gasteiger partial charge < -0.3 is 14.5 Å². The number of hydrogen-bond donors (Lipinski definition) is 0. The molecule has 1 aliphatic rings. The molecule has 1 aromatic rings. The van der Waals surface area contributed by atoms with Gasteiger partial charge in [-0.1, -0.05) is 0 Å². The van der Waals surface area contributed by atoms with E-state index in [2.05, 4.69) is 4.98 Å². The molecule has 5 nitrogen and oxygen atoms in total. The highest BCUT2D eigenvalue weighted by Crippen LogP contribution is 2.19. The number of carbonyl (C=O) groups excluding carboxylic acids is 1. The van der Waals surface area contributed by atoms with Gasteiger partial charge in [0.15, 0.2) is 0 Å². The Morgan fingerprint density at radius 3 is 2.90 bits per heavy atom. The monoisotopic (exact) mass is 277 g/mol. The van der Waals surface area contributed by atoms with Crippen LogP contribution in [0.2, 0.25) is 0 Å². The highest BCUT2D eigenvalue weighted by atomic mass is 16.5. The fourth-order valence-electron chi connectivity index (χ4n) is 2.49. The second-order valence-electron chi connectivity index (χ2n) is 5.34. The average molecular weight is 277 g/mol. The lowest BCUT2D eigenvalue weighted by Crippen LogP contribution is -2.36. The molecule has 2 heterocycles. The van der Waals surface area contributed by atoms with Crippen LogP contribution in [0.1, 0.15) is 23.7 Å². The Labute approximate surface area is 120 Å². The van der Waals surface area contributed by atoms with Crippen LogP contribution < -0.4 is 4.90 Å². The lowest BCUT2D eigenvalue weighted by Gasteiger charge is -2.25. The molecule has 1 aromatic heterocycles. The third-order valence-corrected chi connectivity index (χ3v) is 3.61. The maximum absolute atomic E-state index is 12.7. The minimum atomic E-state index is 0.0520. The SMILES string of the molecule is CCN(CC1CCOC1)C(=O)c1cccnc1N(C)C. The molecular formula is C15H23N3O2. The van der Waals surface area contributed by atoms with Crippen LogP contribution in [0.25, 0.3) is 0 Å². The number of amides is 1. The molecule has 1 amide bonds. The van der Waals surface area contributed by atoms with Crippen molar-refractivity contribution in [1.82, 2.24) is 9.88 Å². The summed E-state index contributed by atoms with van der Waals surface area (Å²) >= 11 is 0. The van der Waals surface area contributed by atoms with Gasteiger partial charge in [-0.25, -0.2) is 4.98 Å². The van der Waals surface area contributed by atoms with Crippen LogP contribution >= 0.6 is 0 Å². The molecule has 1 fully saturated rings. The summed E-state index contributed by atoms with van der Waals surface area (Å²) in [5.41, 5.74) is 0.665. The first kappa shape index (κ1) is 14.8. The predicted molar refractivity (Wildman–Crippen MR) is 79.1 cm³/mol. The van der Waals surface area contributed by atoms with E-state index in [0.717, 1.165) is 32.0 Å². The van der Waals surface area contributed by atoms with Gasteiger partial charge in [0.1, 0.15) is 5.82 Å². The predicted octanol–water partition coefficient (Wildman–Crippen LogP) is 1.65. The van der Waals surface area contributed by atoms with Gasteiger partial charge in [0.05, 0.1) is 12.2 Å². The van der Waals surface area contributed by atoms with Gasteiger partial charge in [0.25, 0.3) is 5.91 Å². The van der Waals surface area contributed by atoms with E-state index < -0.39 is 0 Å². The van der Waals surface area contributed by atoms with Crippen LogP contribution in [0.15, 0.2) is 18.3 Å².